The molecule has 1 atom stereocenters. The number of nitrogens with one attached hydrogen (secondary N) is 1. The van der Waals surface area contributed by atoms with Crippen molar-refractivity contribution in [3.8, 4) is 0 Å². The molecule has 0 saturated heterocycles. The van der Waals surface area contributed by atoms with Gasteiger partial charge in [-0.1, -0.05) is 20.4 Å². The van der Waals surface area contributed by atoms with Crippen molar-refractivity contribution in [2.24, 2.45) is 0 Å². The van der Waals surface area contributed by atoms with Gasteiger partial charge >= 0.3 is 5.97 Å². The lowest BCUT2D eigenvalue weighted by molar-refractivity contribution is -0.138. The van der Waals surface area contributed by atoms with Gasteiger partial charge in [0, 0.05) is 18.2 Å². The van der Waals surface area contributed by atoms with Gasteiger partial charge in [-0.3, -0.25) is 0 Å². The highest BCUT2D eigenvalue weighted by atomic mass is 16.5. The Kier molecular flexibility index (Phi) is 10.5. The third-order valence-corrected chi connectivity index (χ3v) is 3.23. The second kappa shape index (κ2) is 11.0. The summed E-state index contributed by atoms with van der Waals surface area (Å²) in [5.74, 6) is -0.301. The van der Waals surface area contributed by atoms with Crippen LogP contribution in [0.15, 0.2) is 12.2 Å². The predicted molar refractivity (Wildman–Crippen MR) is 80.3 cm³/mol. The summed E-state index contributed by atoms with van der Waals surface area (Å²) in [6.07, 6.45) is 2.27. The van der Waals surface area contributed by atoms with Crippen molar-refractivity contribution < 1.29 is 9.53 Å². The van der Waals surface area contributed by atoms with Gasteiger partial charge in [-0.25, -0.2) is 4.79 Å². The SMILES string of the molecule is C=C(CNC(C)CCCN(CC)CC)C(=O)OCC. The van der Waals surface area contributed by atoms with Crippen LogP contribution in [0.1, 0.15) is 40.5 Å². The largest absolute Gasteiger partial charge is 0.463 e. The van der Waals surface area contributed by atoms with Crippen molar-refractivity contribution in [2.75, 3.05) is 32.8 Å². The molecule has 4 nitrogen and oxygen atoms in total. The fraction of sp³-hybridized carbons (Fsp3) is 0.800. The summed E-state index contributed by atoms with van der Waals surface area (Å²) in [4.78, 5) is 13.8. The van der Waals surface area contributed by atoms with Crippen LogP contribution in [-0.2, 0) is 9.53 Å². The Balaban J connectivity index is 3.72. The van der Waals surface area contributed by atoms with Gasteiger partial charge in [-0.05, 0) is 46.3 Å². The number of hydrogen-bond acceptors (Lipinski definition) is 4. The standard InChI is InChI=1S/C15H30N2O2/c1-6-17(7-2)11-9-10-14(5)16-12-13(4)15(18)19-8-3/h14,16H,4,6-12H2,1-3,5H3. The quantitative estimate of drug-likeness (QED) is 0.462. The normalized spacial score (nSPS) is 12.5. The van der Waals surface area contributed by atoms with E-state index in [9.17, 15) is 4.79 Å². The molecule has 0 heterocycles. The molecular weight excluding hydrogens is 240 g/mol. The smallest absolute Gasteiger partial charge is 0.334 e. The number of hydrogen-bond donors (Lipinski definition) is 1. The van der Waals surface area contributed by atoms with E-state index in [4.69, 9.17) is 4.74 Å². The van der Waals surface area contributed by atoms with Crippen LogP contribution in [0.5, 0.6) is 0 Å². The average Bonchev–Trinajstić information content (AvgIpc) is 2.41. The van der Waals surface area contributed by atoms with Crippen molar-refractivity contribution in [2.45, 2.75) is 46.6 Å². The van der Waals surface area contributed by atoms with Crippen molar-refractivity contribution in [3.05, 3.63) is 12.2 Å². The summed E-state index contributed by atoms with van der Waals surface area (Å²) in [6, 6.07) is 0.390. The summed E-state index contributed by atoms with van der Waals surface area (Å²) in [5.41, 5.74) is 0.498. The third kappa shape index (κ3) is 8.78. The van der Waals surface area contributed by atoms with E-state index in [-0.39, 0.29) is 5.97 Å². The zero-order chi connectivity index (χ0) is 14.7. The maximum absolute atomic E-state index is 11.4. The Labute approximate surface area is 118 Å². The van der Waals surface area contributed by atoms with Crippen LogP contribution in [-0.4, -0.2) is 49.7 Å². The Bertz CT molecular complexity index is 263. The molecule has 19 heavy (non-hydrogen) atoms. The number of esters is 1. The zero-order valence-corrected chi connectivity index (χ0v) is 13.0. The third-order valence-electron chi connectivity index (χ3n) is 3.23. The van der Waals surface area contributed by atoms with Crippen LogP contribution in [0.4, 0.5) is 0 Å². The molecule has 0 aliphatic heterocycles. The molecule has 0 bridgehead atoms. The molecule has 0 aromatic carbocycles. The Hall–Kier alpha value is -0.870. The fourth-order valence-corrected chi connectivity index (χ4v) is 1.87. The van der Waals surface area contributed by atoms with Crippen molar-refractivity contribution in [1.29, 1.82) is 0 Å². The van der Waals surface area contributed by atoms with E-state index in [1.54, 1.807) is 6.92 Å². The van der Waals surface area contributed by atoms with Gasteiger partial charge in [-0.2, -0.15) is 0 Å². The highest BCUT2D eigenvalue weighted by molar-refractivity contribution is 5.88. The van der Waals surface area contributed by atoms with Crippen LogP contribution < -0.4 is 5.32 Å². The van der Waals surface area contributed by atoms with E-state index < -0.39 is 0 Å². The van der Waals surface area contributed by atoms with Gasteiger partial charge in [0.05, 0.1) is 6.61 Å². The van der Waals surface area contributed by atoms with Gasteiger partial charge in [-0.15, -0.1) is 0 Å². The first kappa shape index (κ1) is 18.1. The molecule has 0 spiro atoms. The first-order chi connectivity index (χ1) is 9.04. The minimum absolute atomic E-state index is 0.301. The summed E-state index contributed by atoms with van der Waals surface area (Å²) in [6.45, 7) is 16.3. The van der Waals surface area contributed by atoms with Crippen molar-refractivity contribution in [3.63, 3.8) is 0 Å². The van der Waals surface area contributed by atoms with Crippen LogP contribution in [0.2, 0.25) is 0 Å². The molecule has 112 valence electrons. The lowest BCUT2D eigenvalue weighted by atomic mass is 10.1. The molecule has 0 aromatic heterocycles. The van der Waals surface area contributed by atoms with Gasteiger partial charge in [0.2, 0.25) is 0 Å². The van der Waals surface area contributed by atoms with E-state index in [1.165, 1.54) is 6.42 Å². The molecule has 0 fully saturated rings. The van der Waals surface area contributed by atoms with E-state index in [0.29, 0.717) is 24.8 Å². The Morgan fingerprint density at radius 2 is 1.95 bits per heavy atom. The summed E-state index contributed by atoms with van der Waals surface area (Å²) in [7, 11) is 0. The molecule has 1 unspecified atom stereocenters. The number of rotatable bonds is 11. The topological polar surface area (TPSA) is 41.6 Å². The Morgan fingerprint density at radius 1 is 1.32 bits per heavy atom. The molecule has 1 N–H and O–H groups in total. The fourth-order valence-electron chi connectivity index (χ4n) is 1.87. The van der Waals surface area contributed by atoms with Gasteiger partial charge < -0.3 is 15.0 Å². The highest BCUT2D eigenvalue weighted by Crippen LogP contribution is 2.01. The van der Waals surface area contributed by atoms with Gasteiger partial charge in [0.25, 0.3) is 0 Å². The molecule has 0 rings (SSSR count). The lowest BCUT2D eigenvalue weighted by Crippen LogP contribution is -2.31. The summed E-state index contributed by atoms with van der Waals surface area (Å²) >= 11 is 0. The molecule has 0 saturated carbocycles. The number of ether oxygens (including phenoxy) is 1. The molecule has 0 amide bonds. The molecule has 4 heteroatoms. The summed E-state index contributed by atoms with van der Waals surface area (Å²) in [5, 5.41) is 3.31. The van der Waals surface area contributed by atoms with Gasteiger partial charge in [0.1, 0.15) is 0 Å². The number of nitrogens with zero attached hydrogens (tertiary/aromatic N) is 1. The monoisotopic (exact) mass is 270 g/mol. The maximum Gasteiger partial charge on any atom is 0.334 e. The predicted octanol–water partition coefficient (Wildman–Crippen LogP) is 2.21. The van der Waals surface area contributed by atoms with E-state index in [2.05, 4.69) is 37.6 Å². The molecular formula is C15H30N2O2. The lowest BCUT2D eigenvalue weighted by Gasteiger charge is -2.20. The van der Waals surface area contributed by atoms with Crippen molar-refractivity contribution >= 4 is 5.97 Å². The minimum Gasteiger partial charge on any atom is -0.463 e. The molecule has 0 aromatic rings. The number of carbonyl (C=O) groups excluding carboxylic acids is 1. The van der Waals surface area contributed by atoms with Gasteiger partial charge in [0.15, 0.2) is 0 Å². The highest BCUT2D eigenvalue weighted by Gasteiger charge is 2.09. The van der Waals surface area contributed by atoms with Crippen LogP contribution in [0.25, 0.3) is 0 Å². The second-order valence-electron chi connectivity index (χ2n) is 4.78. The van der Waals surface area contributed by atoms with Crippen LogP contribution in [0, 0.1) is 0 Å². The maximum atomic E-state index is 11.4. The Morgan fingerprint density at radius 3 is 2.47 bits per heavy atom. The van der Waals surface area contributed by atoms with Crippen molar-refractivity contribution in [1.82, 2.24) is 10.2 Å². The van der Waals surface area contributed by atoms with Crippen LogP contribution >= 0.6 is 0 Å². The average molecular weight is 270 g/mol. The number of carbonyl (C=O) groups is 1. The second-order valence-corrected chi connectivity index (χ2v) is 4.78. The van der Waals surface area contributed by atoms with Crippen LogP contribution in [0.3, 0.4) is 0 Å². The minimum atomic E-state index is -0.301. The molecule has 0 aliphatic carbocycles. The summed E-state index contributed by atoms with van der Waals surface area (Å²) < 4.78 is 4.89. The first-order valence-corrected chi connectivity index (χ1v) is 7.35. The zero-order valence-electron chi connectivity index (χ0n) is 13.0. The molecule has 0 radical (unpaired) electrons. The van der Waals surface area contributed by atoms with E-state index >= 15 is 0 Å². The van der Waals surface area contributed by atoms with E-state index in [1.807, 2.05) is 0 Å². The van der Waals surface area contributed by atoms with E-state index in [0.717, 1.165) is 26.1 Å². The first-order valence-electron chi connectivity index (χ1n) is 7.35. The molecule has 0 aliphatic rings.